The highest BCUT2D eigenvalue weighted by atomic mass is 35.5. The van der Waals surface area contributed by atoms with E-state index in [1.807, 2.05) is 60.7 Å². The third-order valence-electron chi connectivity index (χ3n) is 6.08. The molecule has 0 bridgehead atoms. The first kappa shape index (κ1) is 23.3. The molecule has 2 fully saturated rings. The molecule has 3 aliphatic rings. The maximum absolute atomic E-state index is 12.7. The number of benzene rings is 2. The second-order valence-corrected chi connectivity index (χ2v) is 9.45. The number of thioether (sulfide) groups is 1. The zero-order chi connectivity index (χ0) is 21.4. The van der Waals surface area contributed by atoms with Crippen LogP contribution in [0.1, 0.15) is 23.7 Å². The maximum Gasteiger partial charge on any atom is 0.248 e. The van der Waals surface area contributed by atoms with Crippen molar-refractivity contribution in [3.63, 3.8) is 0 Å². The topological polar surface area (TPSA) is 64.8 Å². The molecule has 2 unspecified atom stereocenters. The van der Waals surface area contributed by atoms with Gasteiger partial charge in [-0.1, -0.05) is 60.7 Å². The SMILES string of the molecule is Cl.NC1C(=O)N2C(C(=S)OC(c3ccccc3)c3ccccc3)=C(C3CCOC3)CS[C@H]12. The van der Waals surface area contributed by atoms with Crippen LogP contribution < -0.4 is 5.73 Å². The quantitative estimate of drug-likeness (QED) is 0.505. The van der Waals surface area contributed by atoms with Crippen LogP contribution in [0.4, 0.5) is 0 Å². The van der Waals surface area contributed by atoms with E-state index in [9.17, 15) is 4.79 Å². The maximum atomic E-state index is 12.7. The predicted molar refractivity (Wildman–Crippen MR) is 133 cm³/mol. The third-order valence-corrected chi connectivity index (χ3v) is 7.70. The molecule has 2 saturated heterocycles. The predicted octanol–water partition coefficient (Wildman–Crippen LogP) is 4.07. The first-order chi connectivity index (χ1) is 15.1. The van der Waals surface area contributed by atoms with Gasteiger partial charge in [0, 0.05) is 18.3 Å². The van der Waals surface area contributed by atoms with Gasteiger partial charge in [-0.2, -0.15) is 0 Å². The van der Waals surface area contributed by atoms with Crippen molar-refractivity contribution >= 4 is 47.3 Å². The van der Waals surface area contributed by atoms with Crippen molar-refractivity contribution in [2.75, 3.05) is 19.0 Å². The molecule has 0 radical (unpaired) electrons. The highest BCUT2D eigenvalue weighted by molar-refractivity contribution is 8.00. The van der Waals surface area contributed by atoms with Gasteiger partial charge in [-0.05, 0) is 35.3 Å². The van der Waals surface area contributed by atoms with Gasteiger partial charge in [-0.15, -0.1) is 24.2 Å². The number of amides is 1. The molecular weight excluding hydrogens is 464 g/mol. The standard InChI is InChI=1S/C24H24N2O3S2.ClH/c25-19-22(27)26-20(18(14-31-23(19)26)17-11-12-28-13-17)24(30)29-21(15-7-3-1-4-8-15)16-9-5-2-6-10-16;/h1-10,17,19,21,23H,11-14,25H2;1H/t17?,19?,23-;/m1./s1. The highest BCUT2D eigenvalue weighted by Gasteiger charge is 2.52. The van der Waals surface area contributed by atoms with E-state index in [4.69, 9.17) is 27.4 Å². The highest BCUT2D eigenvalue weighted by Crippen LogP contribution is 2.44. The molecule has 0 aliphatic carbocycles. The summed E-state index contributed by atoms with van der Waals surface area (Å²) in [5.41, 5.74) is 9.97. The zero-order valence-electron chi connectivity index (χ0n) is 17.4. The normalized spacial score (nSPS) is 24.6. The lowest BCUT2D eigenvalue weighted by Gasteiger charge is -2.49. The molecule has 2 aromatic carbocycles. The minimum Gasteiger partial charge on any atom is -0.469 e. The van der Waals surface area contributed by atoms with Crippen molar-refractivity contribution in [1.29, 1.82) is 0 Å². The van der Waals surface area contributed by atoms with Crippen LogP contribution in [-0.4, -0.2) is 46.2 Å². The molecule has 32 heavy (non-hydrogen) atoms. The zero-order valence-corrected chi connectivity index (χ0v) is 19.8. The van der Waals surface area contributed by atoms with Crippen LogP contribution >= 0.6 is 36.4 Å². The van der Waals surface area contributed by atoms with Gasteiger partial charge in [0.1, 0.15) is 17.5 Å². The number of nitrogens with zero attached hydrogens (tertiary/aromatic N) is 1. The molecule has 0 spiro atoms. The summed E-state index contributed by atoms with van der Waals surface area (Å²) in [6, 6.07) is 19.6. The van der Waals surface area contributed by atoms with Crippen LogP contribution in [0, 0.1) is 5.92 Å². The lowest BCUT2D eigenvalue weighted by molar-refractivity contribution is -0.141. The number of ether oxygens (including phenoxy) is 2. The van der Waals surface area contributed by atoms with Crippen molar-refractivity contribution in [2.45, 2.75) is 23.9 Å². The summed E-state index contributed by atoms with van der Waals surface area (Å²) < 4.78 is 12.1. The second-order valence-electron chi connectivity index (χ2n) is 7.98. The summed E-state index contributed by atoms with van der Waals surface area (Å²) in [5, 5.41) is 0.271. The van der Waals surface area contributed by atoms with E-state index in [0.29, 0.717) is 11.7 Å². The number of halogens is 1. The van der Waals surface area contributed by atoms with Crippen LogP contribution in [0.5, 0.6) is 0 Å². The molecule has 5 rings (SSSR count). The molecule has 2 aromatic rings. The Balaban J connectivity index is 0.00000245. The molecule has 0 aromatic heterocycles. The lowest BCUT2D eigenvalue weighted by Crippen LogP contribution is -2.68. The Labute approximate surface area is 203 Å². The molecule has 3 atom stereocenters. The van der Waals surface area contributed by atoms with Crippen molar-refractivity contribution < 1.29 is 14.3 Å². The van der Waals surface area contributed by atoms with Crippen LogP contribution in [0.15, 0.2) is 71.9 Å². The van der Waals surface area contributed by atoms with Crippen molar-refractivity contribution in [1.82, 2.24) is 4.90 Å². The lowest BCUT2D eigenvalue weighted by atomic mass is 9.94. The number of carbonyl (C=O) groups is 1. The summed E-state index contributed by atoms with van der Waals surface area (Å²) in [7, 11) is 0. The summed E-state index contributed by atoms with van der Waals surface area (Å²) in [6.07, 6.45) is 0.572. The van der Waals surface area contributed by atoms with Gasteiger partial charge in [0.05, 0.1) is 12.3 Å². The Morgan fingerprint density at radius 2 is 1.75 bits per heavy atom. The molecule has 3 aliphatic heterocycles. The van der Waals surface area contributed by atoms with E-state index < -0.39 is 6.04 Å². The Kier molecular flexibility index (Phi) is 7.22. The molecular formula is C24H25ClN2O3S2. The van der Waals surface area contributed by atoms with E-state index in [2.05, 4.69) is 0 Å². The van der Waals surface area contributed by atoms with Crippen LogP contribution in [0.25, 0.3) is 0 Å². The fraction of sp³-hybridized carbons (Fsp3) is 0.333. The average molecular weight is 489 g/mol. The van der Waals surface area contributed by atoms with Gasteiger partial charge >= 0.3 is 0 Å². The number of nitrogens with two attached hydrogens (primary N) is 1. The Hall–Kier alpha value is -1.90. The molecule has 3 heterocycles. The third kappa shape index (κ3) is 4.20. The number of carbonyl (C=O) groups excluding carboxylic acids is 1. The van der Waals surface area contributed by atoms with Crippen molar-refractivity contribution in [2.24, 2.45) is 11.7 Å². The number of hydrogen-bond acceptors (Lipinski definition) is 6. The minimum absolute atomic E-state index is 0. The summed E-state index contributed by atoms with van der Waals surface area (Å²) in [5.74, 6) is 0.947. The van der Waals surface area contributed by atoms with Crippen molar-refractivity contribution in [3.8, 4) is 0 Å². The minimum atomic E-state index is -0.483. The Morgan fingerprint density at radius 1 is 1.12 bits per heavy atom. The van der Waals surface area contributed by atoms with Gasteiger partial charge in [-0.25, -0.2) is 0 Å². The number of rotatable bonds is 5. The van der Waals surface area contributed by atoms with Crippen molar-refractivity contribution in [3.05, 3.63) is 83.1 Å². The second kappa shape index (κ2) is 9.93. The first-order valence-corrected chi connectivity index (χ1v) is 11.9. The molecule has 2 N–H and O–H groups in total. The van der Waals surface area contributed by atoms with Gasteiger partial charge in [0.15, 0.2) is 0 Å². The summed E-state index contributed by atoms with van der Waals surface area (Å²) in [6.45, 7) is 1.38. The monoisotopic (exact) mass is 488 g/mol. The van der Waals surface area contributed by atoms with E-state index >= 15 is 0 Å². The van der Waals surface area contributed by atoms with Gasteiger partial charge in [0.25, 0.3) is 0 Å². The largest absolute Gasteiger partial charge is 0.469 e. The molecule has 168 valence electrons. The number of β-lactam (4-membered cyclic amide) rings is 1. The smallest absolute Gasteiger partial charge is 0.248 e. The first-order valence-electron chi connectivity index (χ1n) is 10.5. The van der Waals surface area contributed by atoms with Gasteiger partial charge in [0.2, 0.25) is 11.0 Å². The summed E-state index contributed by atoms with van der Waals surface area (Å²) >= 11 is 7.56. The molecule has 5 nitrogen and oxygen atoms in total. The van der Waals surface area contributed by atoms with Gasteiger partial charge < -0.3 is 15.2 Å². The van der Waals surface area contributed by atoms with Crippen LogP contribution in [-0.2, 0) is 14.3 Å². The van der Waals surface area contributed by atoms with Crippen LogP contribution in [0.2, 0.25) is 0 Å². The molecule has 8 heteroatoms. The molecule has 0 saturated carbocycles. The van der Waals surface area contributed by atoms with E-state index in [1.165, 1.54) is 0 Å². The fourth-order valence-electron chi connectivity index (χ4n) is 4.40. The number of fused-ring (bicyclic) bond motifs is 1. The average Bonchev–Trinajstić information content (AvgIpc) is 3.37. The Morgan fingerprint density at radius 3 is 2.31 bits per heavy atom. The number of thiocarbonyl (C=S) groups is 1. The Bertz CT molecular complexity index is 973. The van der Waals surface area contributed by atoms with E-state index in [-0.39, 0.29) is 35.7 Å². The molecule has 1 amide bonds. The van der Waals surface area contributed by atoms with Crippen LogP contribution in [0.3, 0.4) is 0 Å². The fourth-order valence-corrected chi connectivity index (χ4v) is 6.13. The summed E-state index contributed by atoms with van der Waals surface area (Å²) in [4.78, 5) is 14.5. The van der Waals surface area contributed by atoms with E-state index in [1.54, 1.807) is 16.7 Å². The van der Waals surface area contributed by atoms with E-state index in [0.717, 1.165) is 41.2 Å². The van der Waals surface area contributed by atoms with Gasteiger partial charge in [-0.3, -0.25) is 9.69 Å². The number of hydrogen-bond donors (Lipinski definition) is 1.